The van der Waals surface area contributed by atoms with Crippen molar-refractivity contribution in [1.29, 1.82) is 0 Å². The van der Waals surface area contributed by atoms with Crippen LogP contribution < -0.4 is 17.0 Å². The zero-order valence-electron chi connectivity index (χ0n) is 10.0. The van der Waals surface area contributed by atoms with Gasteiger partial charge in [0.05, 0.1) is 17.8 Å². The van der Waals surface area contributed by atoms with Crippen molar-refractivity contribution >= 4 is 5.82 Å². The summed E-state index contributed by atoms with van der Waals surface area (Å²) in [5, 5.41) is 6.14. The van der Waals surface area contributed by atoms with E-state index in [1.165, 1.54) is 6.20 Å². The summed E-state index contributed by atoms with van der Waals surface area (Å²) in [5.74, 6) is 4.16. The van der Waals surface area contributed by atoms with E-state index < -0.39 is 23.6 Å². The first-order valence-corrected chi connectivity index (χ1v) is 5.46. The first-order valence-electron chi connectivity index (χ1n) is 5.46. The van der Waals surface area contributed by atoms with Gasteiger partial charge in [0.15, 0.2) is 0 Å². The van der Waals surface area contributed by atoms with Crippen LogP contribution >= 0.6 is 0 Å². The van der Waals surface area contributed by atoms with Crippen LogP contribution in [0.3, 0.4) is 0 Å². The fourth-order valence-electron chi connectivity index (χ4n) is 1.84. The molecule has 0 saturated carbocycles. The van der Waals surface area contributed by atoms with E-state index in [0.29, 0.717) is 11.6 Å². The van der Waals surface area contributed by atoms with Crippen molar-refractivity contribution in [3.63, 3.8) is 0 Å². The van der Waals surface area contributed by atoms with Crippen LogP contribution in [0.4, 0.5) is 23.4 Å². The Kier molecular flexibility index (Phi) is 3.64. The van der Waals surface area contributed by atoms with Crippen molar-refractivity contribution in [3.05, 3.63) is 46.9 Å². The van der Waals surface area contributed by atoms with Crippen LogP contribution in [-0.4, -0.2) is 10.2 Å². The van der Waals surface area contributed by atoms with E-state index in [-0.39, 0.29) is 11.4 Å². The van der Waals surface area contributed by atoms with E-state index >= 15 is 0 Å². The van der Waals surface area contributed by atoms with E-state index in [2.05, 4.69) is 15.6 Å². The van der Waals surface area contributed by atoms with Crippen LogP contribution in [0.15, 0.2) is 24.4 Å². The SMILES string of the molecule is NNC(c1ccc(C(F)(F)F)c(F)c1)c1cn[nH]c1N. The normalized spacial score (nSPS) is 13.4. The number of nitrogens with zero attached hydrogens (tertiary/aromatic N) is 1. The number of hydrogen-bond donors (Lipinski definition) is 4. The number of nitrogens with two attached hydrogens (primary N) is 2. The van der Waals surface area contributed by atoms with E-state index in [1.54, 1.807) is 0 Å². The van der Waals surface area contributed by atoms with Crippen molar-refractivity contribution in [2.45, 2.75) is 12.2 Å². The average Bonchev–Trinajstić information content (AvgIpc) is 2.75. The molecule has 0 amide bonds. The molecule has 0 aliphatic rings. The molecule has 1 aromatic carbocycles. The first kappa shape index (κ1) is 14.3. The molecular formula is C11H11F4N5. The second kappa shape index (κ2) is 5.10. The number of hydrogen-bond acceptors (Lipinski definition) is 4. The van der Waals surface area contributed by atoms with Crippen LogP contribution in [0, 0.1) is 5.82 Å². The Bertz CT molecular complexity index is 607. The van der Waals surface area contributed by atoms with Crippen LogP contribution in [0.2, 0.25) is 0 Å². The lowest BCUT2D eigenvalue weighted by Gasteiger charge is -2.17. The number of aromatic nitrogens is 2. The number of halogens is 4. The molecule has 6 N–H and O–H groups in total. The molecule has 0 aliphatic carbocycles. The molecular weight excluding hydrogens is 278 g/mol. The fraction of sp³-hybridized carbons (Fsp3) is 0.182. The monoisotopic (exact) mass is 289 g/mol. The third-order valence-electron chi connectivity index (χ3n) is 2.81. The number of rotatable bonds is 3. The van der Waals surface area contributed by atoms with Crippen molar-refractivity contribution in [2.75, 3.05) is 5.73 Å². The molecule has 2 aromatic rings. The Balaban J connectivity index is 2.43. The second-order valence-corrected chi connectivity index (χ2v) is 4.08. The maximum atomic E-state index is 13.5. The molecule has 0 aliphatic heterocycles. The standard InChI is InChI=1S/C11H11F4N5/c12-8-3-5(1-2-7(8)11(13,14)15)9(19-17)6-4-18-20-10(6)16/h1-4,9,19H,17H2,(H3,16,18,20). The van der Waals surface area contributed by atoms with Gasteiger partial charge in [0.1, 0.15) is 11.6 Å². The summed E-state index contributed by atoms with van der Waals surface area (Å²) in [5.41, 5.74) is 7.24. The predicted molar refractivity (Wildman–Crippen MR) is 63.6 cm³/mol. The molecule has 0 bridgehead atoms. The van der Waals surface area contributed by atoms with Gasteiger partial charge < -0.3 is 5.73 Å². The van der Waals surface area contributed by atoms with Crippen molar-refractivity contribution < 1.29 is 17.6 Å². The largest absolute Gasteiger partial charge is 0.419 e. The summed E-state index contributed by atoms with van der Waals surface area (Å²) in [7, 11) is 0. The van der Waals surface area contributed by atoms with Gasteiger partial charge in [0, 0.05) is 5.56 Å². The van der Waals surface area contributed by atoms with Crippen LogP contribution in [0.5, 0.6) is 0 Å². The van der Waals surface area contributed by atoms with Gasteiger partial charge in [-0.05, 0) is 17.7 Å². The number of anilines is 1. The Morgan fingerprint density at radius 2 is 2.00 bits per heavy atom. The molecule has 2 rings (SSSR count). The highest BCUT2D eigenvalue weighted by atomic mass is 19.4. The minimum Gasteiger partial charge on any atom is -0.384 e. The second-order valence-electron chi connectivity index (χ2n) is 4.08. The number of aromatic amines is 1. The molecule has 5 nitrogen and oxygen atoms in total. The summed E-state index contributed by atoms with van der Waals surface area (Å²) in [4.78, 5) is 0. The average molecular weight is 289 g/mol. The Labute approximate surface area is 110 Å². The van der Waals surface area contributed by atoms with Gasteiger partial charge in [-0.3, -0.25) is 10.9 Å². The van der Waals surface area contributed by atoms with Gasteiger partial charge >= 0.3 is 6.18 Å². The summed E-state index contributed by atoms with van der Waals surface area (Å²) in [6.07, 6.45) is -3.39. The smallest absolute Gasteiger partial charge is 0.384 e. The van der Waals surface area contributed by atoms with Crippen LogP contribution in [-0.2, 0) is 6.18 Å². The van der Waals surface area contributed by atoms with E-state index in [0.717, 1.165) is 12.1 Å². The summed E-state index contributed by atoms with van der Waals surface area (Å²) < 4.78 is 51.0. The molecule has 0 fully saturated rings. The highest BCUT2D eigenvalue weighted by molar-refractivity contribution is 5.45. The molecule has 1 aromatic heterocycles. The molecule has 108 valence electrons. The number of alkyl halides is 3. The van der Waals surface area contributed by atoms with E-state index in [1.807, 2.05) is 0 Å². The summed E-state index contributed by atoms with van der Waals surface area (Å²) in [6.45, 7) is 0. The Morgan fingerprint density at radius 1 is 1.30 bits per heavy atom. The van der Waals surface area contributed by atoms with Gasteiger partial charge in [-0.25, -0.2) is 9.82 Å². The topological polar surface area (TPSA) is 92.7 Å². The zero-order valence-corrected chi connectivity index (χ0v) is 10.0. The van der Waals surface area contributed by atoms with Gasteiger partial charge in [-0.15, -0.1) is 0 Å². The molecule has 20 heavy (non-hydrogen) atoms. The lowest BCUT2D eigenvalue weighted by Crippen LogP contribution is -2.29. The molecule has 1 unspecified atom stereocenters. The van der Waals surface area contributed by atoms with Gasteiger partial charge in [-0.1, -0.05) is 6.07 Å². The number of H-pyrrole nitrogens is 1. The maximum Gasteiger partial charge on any atom is 0.419 e. The van der Waals surface area contributed by atoms with Gasteiger partial charge in [0.2, 0.25) is 0 Å². The lowest BCUT2D eigenvalue weighted by molar-refractivity contribution is -0.140. The molecule has 1 atom stereocenters. The zero-order chi connectivity index (χ0) is 14.9. The van der Waals surface area contributed by atoms with Crippen LogP contribution in [0.25, 0.3) is 0 Å². The van der Waals surface area contributed by atoms with Gasteiger partial charge in [0.25, 0.3) is 0 Å². The minimum absolute atomic E-state index is 0.188. The van der Waals surface area contributed by atoms with Crippen LogP contribution in [0.1, 0.15) is 22.7 Å². The minimum atomic E-state index is -4.75. The quantitative estimate of drug-likeness (QED) is 0.393. The summed E-state index contributed by atoms with van der Waals surface area (Å²) >= 11 is 0. The highest BCUT2D eigenvalue weighted by Crippen LogP contribution is 2.33. The Hall–Kier alpha value is -2.13. The van der Waals surface area contributed by atoms with Crippen molar-refractivity contribution in [3.8, 4) is 0 Å². The lowest BCUT2D eigenvalue weighted by atomic mass is 9.99. The number of benzene rings is 1. The first-order chi connectivity index (χ1) is 9.34. The Morgan fingerprint density at radius 3 is 2.45 bits per heavy atom. The molecule has 0 radical (unpaired) electrons. The van der Waals surface area contributed by atoms with E-state index in [4.69, 9.17) is 11.6 Å². The number of nitrogen functional groups attached to an aromatic ring is 1. The fourth-order valence-corrected chi connectivity index (χ4v) is 1.84. The maximum absolute atomic E-state index is 13.5. The molecule has 0 spiro atoms. The highest BCUT2D eigenvalue weighted by Gasteiger charge is 2.34. The number of nitrogens with one attached hydrogen (secondary N) is 2. The number of hydrazine groups is 1. The molecule has 9 heteroatoms. The van der Waals surface area contributed by atoms with Crippen molar-refractivity contribution in [1.82, 2.24) is 15.6 Å². The molecule has 1 heterocycles. The third-order valence-corrected chi connectivity index (χ3v) is 2.81. The predicted octanol–water partition coefficient (Wildman–Crippen LogP) is 1.70. The third kappa shape index (κ3) is 2.58. The summed E-state index contributed by atoms with van der Waals surface area (Å²) in [6, 6.07) is 1.78. The van der Waals surface area contributed by atoms with E-state index in [9.17, 15) is 17.6 Å². The van der Waals surface area contributed by atoms with Crippen molar-refractivity contribution in [2.24, 2.45) is 5.84 Å². The molecule has 0 saturated heterocycles. The van der Waals surface area contributed by atoms with Gasteiger partial charge in [-0.2, -0.15) is 18.3 Å².